The van der Waals surface area contributed by atoms with Gasteiger partial charge in [0, 0.05) is 12.5 Å². The van der Waals surface area contributed by atoms with Gasteiger partial charge in [-0.1, -0.05) is 38.0 Å². The molecule has 1 N–H and O–H groups in total. The van der Waals surface area contributed by atoms with Crippen LogP contribution in [0, 0.1) is 5.92 Å². The fraction of sp³-hybridized carbons (Fsp3) is 0.556. The van der Waals surface area contributed by atoms with E-state index in [1.54, 1.807) is 13.0 Å². The summed E-state index contributed by atoms with van der Waals surface area (Å²) in [4.78, 5) is 24.9. The van der Waals surface area contributed by atoms with E-state index in [2.05, 4.69) is 12.2 Å². The topological polar surface area (TPSA) is 55.4 Å². The number of carbonyl (C=O) groups excluding carboxylic acids is 2. The van der Waals surface area contributed by atoms with Crippen LogP contribution in [0.15, 0.2) is 24.3 Å². The number of nitrogens with one attached hydrogen (secondary N) is 1. The van der Waals surface area contributed by atoms with Gasteiger partial charge in [0.05, 0.1) is 5.56 Å². The van der Waals surface area contributed by atoms with E-state index in [0.29, 0.717) is 17.9 Å². The molecule has 1 aromatic rings. The average Bonchev–Trinajstić information content (AvgIpc) is 2.49. The van der Waals surface area contributed by atoms with Crippen LogP contribution in [-0.2, 0) is 16.0 Å². The van der Waals surface area contributed by atoms with Gasteiger partial charge in [-0.3, -0.25) is 4.79 Å². The first-order valence-corrected chi connectivity index (χ1v) is 8.12. The highest BCUT2D eigenvalue weighted by atomic mass is 16.6. The Bertz CT molecular complexity index is 598. The van der Waals surface area contributed by atoms with Crippen LogP contribution >= 0.6 is 0 Å². The highest BCUT2D eigenvalue weighted by molar-refractivity contribution is 5.97. The van der Waals surface area contributed by atoms with Gasteiger partial charge < -0.3 is 10.1 Å². The fourth-order valence-corrected chi connectivity index (χ4v) is 3.51. The molecule has 1 aromatic carbocycles. The normalized spacial score (nSPS) is 31.1. The van der Waals surface area contributed by atoms with Crippen molar-refractivity contribution < 1.29 is 14.3 Å². The van der Waals surface area contributed by atoms with Crippen molar-refractivity contribution in [2.45, 2.75) is 57.6 Å². The Morgan fingerprint density at radius 3 is 2.77 bits per heavy atom. The maximum absolute atomic E-state index is 12.7. The second kappa shape index (κ2) is 5.75. The minimum Gasteiger partial charge on any atom is -0.445 e. The minimum atomic E-state index is -1.11. The lowest BCUT2D eigenvalue weighted by molar-refractivity contribution is -0.141. The lowest BCUT2D eigenvalue weighted by Gasteiger charge is -2.36. The molecule has 3 rings (SSSR count). The number of hydrogen-bond donors (Lipinski definition) is 1. The van der Waals surface area contributed by atoms with Crippen LogP contribution in [0.4, 0.5) is 0 Å². The predicted molar refractivity (Wildman–Crippen MR) is 83.5 cm³/mol. The first-order valence-electron chi connectivity index (χ1n) is 8.12. The van der Waals surface area contributed by atoms with E-state index >= 15 is 0 Å². The highest BCUT2D eigenvalue weighted by Gasteiger charge is 2.43. The van der Waals surface area contributed by atoms with E-state index in [1.165, 1.54) is 6.42 Å². The number of cyclic esters (lactones) is 1. The van der Waals surface area contributed by atoms with Crippen LogP contribution in [-0.4, -0.2) is 23.5 Å². The predicted octanol–water partition coefficient (Wildman–Crippen LogP) is 2.85. The van der Waals surface area contributed by atoms with Crippen LogP contribution in [0.5, 0.6) is 0 Å². The maximum Gasteiger partial charge on any atom is 0.339 e. The van der Waals surface area contributed by atoms with Gasteiger partial charge in [-0.2, -0.15) is 0 Å². The van der Waals surface area contributed by atoms with E-state index in [1.807, 2.05) is 18.2 Å². The van der Waals surface area contributed by atoms with Crippen LogP contribution in [0.3, 0.4) is 0 Å². The molecule has 4 heteroatoms. The van der Waals surface area contributed by atoms with Crippen molar-refractivity contribution in [3.05, 3.63) is 35.4 Å². The van der Waals surface area contributed by atoms with Crippen molar-refractivity contribution in [2.75, 3.05) is 0 Å². The van der Waals surface area contributed by atoms with Crippen molar-refractivity contribution >= 4 is 11.9 Å². The molecule has 1 fully saturated rings. The molecule has 2 aliphatic rings. The number of carbonyl (C=O) groups is 2. The van der Waals surface area contributed by atoms with Crippen molar-refractivity contribution in [3.8, 4) is 0 Å². The number of rotatable bonds is 2. The standard InChI is InChI=1S/C18H23NO3/c1-12-7-3-6-10-15(12)19-17(21)18(2)11-13-8-4-5-9-14(13)16(20)22-18/h4-5,8-9,12,15H,3,6-7,10-11H2,1-2H3,(H,19,21). The lowest BCUT2D eigenvalue weighted by Crippen LogP contribution is -2.55. The molecule has 3 atom stereocenters. The zero-order chi connectivity index (χ0) is 15.7. The van der Waals surface area contributed by atoms with Gasteiger partial charge >= 0.3 is 5.97 Å². The number of esters is 1. The van der Waals surface area contributed by atoms with Crippen LogP contribution in [0.25, 0.3) is 0 Å². The first kappa shape index (κ1) is 15.1. The molecule has 0 saturated heterocycles. The van der Waals surface area contributed by atoms with Crippen LogP contribution in [0.1, 0.15) is 55.5 Å². The summed E-state index contributed by atoms with van der Waals surface area (Å²) in [6, 6.07) is 7.53. The molecule has 0 radical (unpaired) electrons. The summed E-state index contributed by atoms with van der Waals surface area (Å²) in [5, 5.41) is 3.11. The van der Waals surface area contributed by atoms with E-state index < -0.39 is 11.6 Å². The monoisotopic (exact) mass is 301 g/mol. The number of fused-ring (bicyclic) bond motifs is 1. The van der Waals surface area contributed by atoms with Gasteiger partial charge in [-0.25, -0.2) is 4.79 Å². The molecular formula is C18H23NO3. The summed E-state index contributed by atoms with van der Waals surface area (Å²) in [6.07, 6.45) is 4.96. The molecule has 4 nitrogen and oxygen atoms in total. The summed E-state index contributed by atoms with van der Waals surface area (Å²) >= 11 is 0. The molecule has 1 heterocycles. The van der Waals surface area contributed by atoms with E-state index in [-0.39, 0.29) is 11.9 Å². The average molecular weight is 301 g/mol. The zero-order valence-electron chi connectivity index (χ0n) is 13.2. The Balaban J connectivity index is 1.76. The third-order valence-corrected chi connectivity index (χ3v) is 4.99. The molecule has 1 aliphatic carbocycles. The quantitative estimate of drug-likeness (QED) is 0.855. The van der Waals surface area contributed by atoms with E-state index in [0.717, 1.165) is 24.8 Å². The first-order chi connectivity index (χ1) is 10.5. The molecule has 0 spiro atoms. The molecule has 0 bridgehead atoms. The smallest absolute Gasteiger partial charge is 0.339 e. The molecule has 118 valence electrons. The molecular weight excluding hydrogens is 278 g/mol. The molecule has 1 aliphatic heterocycles. The second-order valence-electron chi connectivity index (χ2n) is 6.80. The van der Waals surface area contributed by atoms with Gasteiger partial charge in [0.2, 0.25) is 0 Å². The highest BCUT2D eigenvalue weighted by Crippen LogP contribution is 2.30. The summed E-state index contributed by atoms with van der Waals surface area (Å²) in [5.41, 5.74) is 0.342. The van der Waals surface area contributed by atoms with Crippen LogP contribution < -0.4 is 5.32 Å². The van der Waals surface area contributed by atoms with Gasteiger partial charge in [0.25, 0.3) is 5.91 Å². The summed E-state index contributed by atoms with van der Waals surface area (Å²) in [6.45, 7) is 3.89. The van der Waals surface area contributed by atoms with E-state index in [4.69, 9.17) is 4.74 Å². The Hall–Kier alpha value is -1.84. The fourth-order valence-electron chi connectivity index (χ4n) is 3.51. The third kappa shape index (κ3) is 2.74. The Morgan fingerprint density at radius 2 is 2.00 bits per heavy atom. The molecule has 3 unspecified atom stereocenters. The van der Waals surface area contributed by atoms with Crippen LogP contribution in [0.2, 0.25) is 0 Å². The number of amides is 1. The Kier molecular flexibility index (Phi) is 3.94. The van der Waals surface area contributed by atoms with Crippen molar-refractivity contribution in [3.63, 3.8) is 0 Å². The zero-order valence-corrected chi connectivity index (χ0v) is 13.2. The lowest BCUT2D eigenvalue weighted by atomic mass is 9.84. The largest absolute Gasteiger partial charge is 0.445 e. The summed E-state index contributed by atoms with van der Waals surface area (Å²) in [5.74, 6) is -0.0989. The third-order valence-electron chi connectivity index (χ3n) is 4.99. The molecule has 1 saturated carbocycles. The Labute approximate surface area is 131 Å². The van der Waals surface area contributed by atoms with Crippen molar-refractivity contribution in [1.29, 1.82) is 0 Å². The minimum absolute atomic E-state index is 0.172. The molecule has 0 aromatic heterocycles. The van der Waals surface area contributed by atoms with Gasteiger partial charge in [-0.05, 0) is 37.3 Å². The van der Waals surface area contributed by atoms with Crippen molar-refractivity contribution in [1.82, 2.24) is 5.32 Å². The number of ether oxygens (including phenoxy) is 1. The van der Waals surface area contributed by atoms with Crippen molar-refractivity contribution in [2.24, 2.45) is 5.92 Å². The molecule has 1 amide bonds. The molecule has 22 heavy (non-hydrogen) atoms. The Morgan fingerprint density at radius 1 is 1.27 bits per heavy atom. The number of benzene rings is 1. The van der Waals surface area contributed by atoms with Gasteiger partial charge in [0.15, 0.2) is 5.60 Å². The van der Waals surface area contributed by atoms with E-state index in [9.17, 15) is 9.59 Å². The second-order valence-corrected chi connectivity index (χ2v) is 6.80. The van der Waals surface area contributed by atoms with Gasteiger partial charge in [0.1, 0.15) is 0 Å². The SMILES string of the molecule is CC1CCCCC1NC(=O)C1(C)Cc2ccccc2C(=O)O1. The summed E-state index contributed by atoms with van der Waals surface area (Å²) in [7, 11) is 0. The number of hydrogen-bond acceptors (Lipinski definition) is 3. The summed E-state index contributed by atoms with van der Waals surface area (Å²) < 4.78 is 5.49. The van der Waals surface area contributed by atoms with Gasteiger partial charge in [-0.15, -0.1) is 0 Å². The maximum atomic E-state index is 12.7.